The van der Waals surface area contributed by atoms with Gasteiger partial charge in [0.25, 0.3) is 0 Å². The highest BCUT2D eigenvalue weighted by Gasteiger charge is 2.25. The van der Waals surface area contributed by atoms with Crippen LogP contribution in [0.15, 0.2) is 18.2 Å². The molecule has 2 rings (SSSR count). The quantitative estimate of drug-likeness (QED) is 0.746. The highest BCUT2D eigenvalue weighted by molar-refractivity contribution is 5.90. The number of amides is 1. The number of carbonyl (C=O) groups is 2. The van der Waals surface area contributed by atoms with E-state index in [1.54, 1.807) is 23.1 Å². The maximum Gasteiger partial charge on any atom is 0.410 e. The van der Waals surface area contributed by atoms with Crippen LogP contribution >= 0.6 is 0 Å². The van der Waals surface area contributed by atoms with Crippen LogP contribution in [0.4, 0.5) is 4.79 Å². The third kappa shape index (κ3) is 3.90. The molecule has 1 aliphatic heterocycles. The first kappa shape index (κ1) is 16.1. The Bertz CT molecular complexity index is 576. The van der Waals surface area contributed by atoms with Crippen molar-refractivity contribution >= 4 is 12.1 Å². The fourth-order valence-corrected chi connectivity index (χ4v) is 2.10. The smallest absolute Gasteiger partial charge is 0.410 e. The minimum atomic E-state index is -0.540. The van der Waals surface area contributed by atoms with Crippen molar-refractivity contribution in [2.45, 2.75) is 32.9 Å². The monoisotopic (exact) mass is 307 g/mol. The Morgan fingerprint density at radius 2 is 2.00 bits per heavy atom. The van der Waals surface area contributed by atoms with E-state index in [4.69, 9.17) is 14.2 Å². The number of hydrogen-bond donors (Lipinski definition) is 0. The van der Waals surface area contributed by atoms with Crippen molar-refractivity contribution in [3.63, 3.8) is 0 Å². The number of carbonyl (C=O) groups excluding carboxylic acids is 2. The average Bonchev–Trinajstić information content (AvgIpc) is 2.66. The zero-order valence-corrected chi connectivity index (χ0v) is 13.3. The summed E-state index contributed by atoms with van der Waals surface area (Å²) in [6.07, 6.45) is -0.374. The van der Waals surface area contributed by atoms with Gasteiger partial charge in [0, 0.05) is 5.56 Å². The molecule has 0 unspecified atom stereocenters. The van der Waals surface area contributed by atoms with Crippen molar-refractivity contribution in [2.75, 3.05) is 20.3 Å². The second-order valence-electron chi connectivity index (χ2n) is 6.06. The molecule has 0 N–H and O–H groups in total. The van der Waals surface area contributed by atoms with Crippen LogP contribution in [0.25, 0.3) is 0 Å². The van der Waals surface area contributed by atoms with Gasteiger partial charge in [0.15, 0.2) is 0 Å². The summed E-state index contributed by atoms with van der Waals surface area (Å²) in [4.78, 5) is 25.3. The van der Waals surface area contributed by atoms with Crippen LogP contribution in [-0.4, -0.2) is 42.8 Å². The van der Waals surface area contributed by atoms with E-state index in [1.165, 1.54) is 7.11 Å². The van der Waals surface area contributed by atoms with Gasteiger partial charge in [-0.3, -0.25) is 0 Å². The molecule has 0 aliphatic carbocycles. The van der Waals surface area contributed by atoms with Gasteiger partial charge in [0.2, 0.25) is 0 Å². The van der Waals surface area contributed by atoms with Crippen LogP contribution in [0.3, 0.4) is 0 Å². The topological polar surface area (TPSA) is 65.1 Å². The normalized spacial score (nSPS) is 14.5. The molecular weight excluding hydrogens is 286 g/mol. The lowest BCUT2D eigenvalue weighted by Crippen LogP contribution is -2.37. The van der Waals surface area contributed by atoms with E-state index in [1.807, 2.05) is 20.8 Å². The molecule has 22 heavy (non-hydrogen) atoms. The molecule has 6 nitrogen and oxygen atoms in total. The van der Waals surface area contributed by atoms with Gasteiger partial charge in [-0.25, -0.2) is 9.59 Å². The largest absolute Gasteiger partial charge is 0.491 e. The molecule has 0 saturated carbocycles. The van der Waals surface area contributed by atoms with Crippen molar-refractivity contribution in [1.29, 1.82) is 0 Å². The molecular formula is C16H21NO5. The van der Waals surface area contributed by atoms with Crippen LogP contribution in [0, 0.1) is 0 Å². The highest BCUT2D eigenvalue weighted by Crippen LogP contribution is 2.25. The fraction of sp³-hybridized carbons (Fsp3) is 0.500. The Hall–Kier alpha value is -2.24. The average molecular weight is 307 g/mol. The highest BCUT2D eigenvalue weighted by atomic mass is 16.6. The molecule has 1 aliphatic rings. The molecule has 0 fully saturated rings. The lowest BCUT2D eigenvalue weighted by Gasteiger charge is -2.26. The number of nitrogens with zero attached hydrogens (tertiary/aromatic N) is 1. The zero-order chi connectivity index (χ0) is 16.3. The van der Waals surface area contributed by atoms with E-state index in [9.17, 15) is 9.59 Å². The summed E-state index contributed by atoms with van der Waals surface area (Å²) in [6.45, 7) is 6.64. The lowest BCUT2D eigenvalue weighted by atomic mass is 10.1. The third-order valence-corrected chi connectivity index (χ3v) is 3.12. The predicted molar refractivity (Wildman–Crippen MR) is 79.9 cm³/mol. The first-order chi connectivity index (χ1) is 10.3. The van der Waals surface area contributed by atoms with Crippen LogP contribution in [0.5, 0.6) is 5.75 Å². The maximum atomic E-state index is 12.2. The van der Waals surface area contributed by atoms with Crippen LogP contribution in [-0.2, 0) is 16.0 Å². The van der Waals surface area contributed by atoms with E-state index in [0.29, 0.717) is 31.0 Å². The molecule has 1 amide bonds. The fourth-order valence-electron chi connectivity index (χ4n) is 2.10. The molecule has 0 bridgehead atoms. The van der Waals surface area contributed by atoms with E-state index < -0.39 is 11.6 Å². The molecule has 0 spiro atoms. The second-order valence-corrected chi connectivity index (χ2v) is 6.06. The van der Waals surface area contributed by atoms with E-state index >= 15 is 0 Å². The Morgan fingerprint density at radius 1 is 1.27 bits per heavy atom. The number of ether oxygens (including phenoxy) is 3. The van der Waals surface area contributed by atoms with Crippen LogP contribution < -0.4 is 4.74 Å². The van der Waals surface area contributed by atoms with Gasteiger partial charge >= 0.3 is 12.1 Å². The summed E-state index contributed by atoms with van der Waals surface area (Å²) in [5.41, 5.74) is 0.713. The standard InChI is InChI=1S/C16H21NO5/c1-16(2,3)22-15(19)17-7-8-21-13-9-11(14(18)20-4)5-6-12(13)10-17/h5-6,9H,7-8,10H2,1-4H3. The lowest BCUT2D eigenvalue weighted by molar-refractivity contribution is 0.0225. The first-order valence-electron chi connectivity index (χ1n) is 7.12. The molecule has 120 valence electrons. The van der Waals surface area contributed by atoms with Gasteiger partial charge in [-0.1, -0.05) is 6.07 Å². The van der Waals surface area contributed by atoms with Crippen LogP contribution in [0.1, 0.15) is 36.7 Å². The van der Waals surface area contributed by atoms with E-state index in [0.717, 1.165) is 5.56 Å². The number of esters is 1. The minimum absolute atomic E-state index is 0.344. The van der Waals surface area contributed by atoms with Crippen molar-refractivity contribution in [3.8, 4) is 5.75 Å². The van der Waals surface area contributed by atoms with Gasteiger partial charge in [0.05, 0.1) is 25.8 Å². The van der Waals surface area contributed by atoms with E-state index in [-0.39, 0.29) is 6.09 Å². The molecule has 6 heteroatoms. The molecule has 0 radical (unpaired) electrons. The Labute approximate surface area is 129 Å². The molecule has 0 atom stereocenters. The molecule has 1 aromatic rings. The van der Waals surface area contributed by atoms with Crippen molar-refractivity contribution in [2.24, 2.45) is 0 Å². The number of fused-ring (bicyclic) bond motifs is 1. The molecule has 1 heterocycles. The minimum Gasteiger partial charge on any atom is -0.491 e. The number of rotatable bonds is 1. The molecule has 0 saturated heterocycles. The van der Waals surface area contributed by atoms with E-state index in [2.05, 4.69) is 0 Å². The number of benzene rings is 1. The van der Waals surface area contributed by atoms with Crippen molar-refractivity contribution in [3.05, 3.63) is 29.3 Å². The molecule has 1 aromatic carbocycles. The summed E-state index contributed by atoms with van der Waals surface area (Å²) in [7, 11) is 1.33. The first-order valence-corrected chi connectivity index (χ1v) is 7.12. The Kier molecular flexibility index (Phi) is 4.59. The zero-order valence-electron chi connectivity index (χ0n) is 13.3. The van der Waals surface area contributed by atoms with Crippen molar-refractivity contribution < 1.29 is 23.8 Å². The van der Waals surface area contributed by atoms with Gasteiger partial charge in [-0.05, 0) is 32.9 Å². The van der Waals surface area contributed by atoms with Gasteiger partial charge in [-0.15, -0.1) is 0 Å². The van der Waals surface area contributed by atoms with Crippen LogP contribution in [0.2, 0.25) is 0 Å². The number of methoxy groups -OCH3 is 1. The third-order valence-electron chi connectivity index (χ3n) is 3.12. The predicted octanol–water partition coefficient (Wildman–Crippen LogP) is 2.60. The van der Waals surface area contributed by atoms with Gasteiger partial charge in [-0.2, -0.15) is 0 Å². The summed E-state index contributed by atoms with van der Waals surface area (Å²) in [6, 6.07) is 5.07. The maximum absolute atomic E-state index is 12.2. The summed E-state index contributed by atoms with van der Waals surface area (Å²) in [5.74, 6) is 0.175. The second kappa shape index (κ2) is 6.25. The van der Waals surface area contributed by atoms with Crippen molar-refractivity contribution in [1.82, 2.24) is 4.90 Å². The number of hydrogen-bond acceptors (Lipinski definition) is 5. The molecule has 0 aromatic heterocycles. The summed E-state index contributed by atoms with van der Waals surface area (Å²) in [5, 5.41) is 0. The summed E-state index contributed by atoms with van der Waals surface area (Å²) < 4.78 is 15.7. The Morgan fingerprint density at radius 3 is 2.64 bits per heavy atom. The van der Waals surface area contributed by atoms with Gasteiger partial charge in [0.1, 0.15) is 18.0 Å². The Balaban J connectivity index is 2.17. The van der Waals surface area contributed by atoms with Gasteiger partial charge < -0.3 is 19.1 Å². The SMILES string of the molecule is COC(=O)c1ccc2c(c1)OCCN(C(=O)OC(C)(C)C)C2. The summed E-state index contributed by atoms with van der Waals surface area (Å²) >= 11 is 0.